The predicted octanol–water partition coefficient (Wildman–Crippen LogP) is 4.84. The highest BCUT2D eigenvalue weighted by molar-refractivity contribution is 5.90. The van der Waals surface area contributed by atoms with Crippen LogP contribution in [0.4, 0.5) is 4.79 Å². The second-order valence-corrected chi connectivity index (χ2v) is 6.39. The Morgan fingerprint density at radius 1 is 0.880 bits per heavy atom. The molecule has 5 nitrogen and oxygen atoms in total. The molecule has 0 fully saturated rings. The van der Waals surface area contributed by atoms with Crippen molar-refractivity contribution in [2.45, 2.75) is 33.3 Å². The van der Waals surface area contributed by atoms with Gasteiger partial charge in [-0.15, -0.1) is 0 Å². The zero-order chi connectivity index (χ0) is 18.4. The van der Waals surface area contributed by atoms with E-state index in [-0.39, 0.29) is 5.97 Å². The Hall–Kier alpha value is -2.82. The fourth-order valence-electron chi connectivity index (χ4n) is 2.10. The number of esters is 1. The second kappa shape index (κ2) is 7.83. The summed E-state index contributed by atoms with van der Waals surface area (Å²) >= 11 is 0. The number of hydrogen-bond acceptors (Lipinski definition) is 5. The van der Waals surface area contributed by atoms with E-state index >= 15 is 0 Å². The maximum absolute atomic E-state index is 11.7. The van der Waals surface area contributed by atoms with Crippen molar-refractivity contribution in [3.8, 4) is 16.9 Å². The van der Waals surface area contributed by atoms with Crippen molar-refractivity contribution in [2.75, 3.05) is 6.61 Å². The molecular weight excluding hydrogens is 320 g/mol. The van der Waals surface area contributed by atoms with Gasteiger partial charge in [-0.1, -0.05) is 24.3 Å². The summed E-state index contributed by atoms with van der Waals surface area (Å²) in [5, 5.41) is 0. The third-order valence-corrected chi connectivity index (χ3v) is 3.17. The van der Waals surface area contributed by atoms with E-state index in [0.717, 1.165) is 11.1 Å². The van der Waals surface area contributed by atoms with Gasteiger partial charge < -0.3 is 14.2 Å². The molecule has 0 saturated carbocycles. The summed E-state index contributed by atoms with van der Waals surface area (Å²) in [7, 11) is 0. The van der Waals surface area contributed by atoms with Gasteiger partial charge in [0.25, 0.3) is 0 Å². The van der Waals surface area contributed by atoms with Crippen LogP contribution in [0.25, 0.3) is 11.1 Å². The van der Waals surface area contributed by atoms with Crippen molar-refractivity contribution < 1.29 is 23.8 Å². The molecule has 0 N–H and O–H groups in total. The molecule has 5 heteroatoms. The van der Waals surface area contributed by atoms with E-state index in [2.05, 4.69) is 0 Å². The molecule has 2 aromatic carbocycles. The Kier molecular flexibility index (Phi) is 5.80. The Balaban J connectivity index is 2.04. The summed E-state index contributed by atoms with van der Waals surface area (Å²) < 4.78 is 15.2. The summed E-state index contributed by atoms with van der Waals surface area (Å²) in [6.07, 6.45) is -0.737. The molecule has 0 heterocycles. The minimum atomic E-state index is -0.737. The van der Waals surface area contributed by atoms with Crippen molar-refractivity contribution in [3.63, 3.8) is 0 Å². The van der Waals surface area contributed by atoms with E-state index in [1.165, 1.54) is 0 Å². The SMILES string of the molecule is CCOC(=O)c1ccc(-c2ccc(OC(=O)OC(C)(C)C)cc2)cc1. The van der Waals surface area contributed by atoms with Crippen LogP contribution in [0.15, 0.2) is 48.5 Å². The highest BCUT2D eigenvalue weighted by atomic mass is 16.7. The molecule has 132 valence electrons. The number of carbonyl (C=O) groups is 2. The quantitative estimate of drug-likeness (QED) is 0.587. The topological polar surface area (TPSA) is 61.8 Å². The number of benzene rings is 2. The van der Waals surface area contributed by atoms with Crippen molar-refractivity contribution in [1.82, 2.24) is 0 Å². The van der Waals surface area contributed by atoms with Crippen LogP contribution in [0.1, 0.15) is 38.1 Å². The van der Waals surface area contributed by atoms with Gasteiger partial charge in [-0.25, -0.2) is 9.59 Å². The van der Waals surface area contributed by atoms with Gasteiger partial charge in [-0.2, -0.15) is 0 Å². The summed E-state index contributed by atoms with van der Waals surface area (Å²) in [6, 6.07) is 14.2. The molecule has 0 aliphatic rings. The highest BCUT2D eigenvalue weighted by Gasteiger charge is 2.18. The lowest BCUT2D eigenvalue weighted by Crippen LogP contribution is -2.25. The summed E-state index contributed by atoms with van der Waals surface area (Å²) in [6.45, 7) is 7.44. The van der Waals surface area contributed by atoms with E-state index in [0.29, 0.717) is 17.9 Å². The first-order valence-electron chi connectivity index (χ1n) is 8.07. The van der Waals surface area contributed by atoms with Gasteiger partial charge in [-0.05, 0) is 63.1 Å². The fourth-order valence-corrected chi connectivity index (χ4v) is 2.10. The third-order valence-electron chi connectivity index (χ3n) is 3.17. The average molecular weight is 342 g/mol. The lowest BCUT2D eigenvalue weighted by molar-refractivity contribution is 0.0206. The predicted molar refractivity (Wildman–Crippen MR) is 94.7 cm³/mol. The molecule has 25 heavy (non-hydrogen) atoms. The van der Waals surface area contributed by atoms with E-state index in [1.54, 1.807) is 52.0 Å². The number of carbonyl (C=O) groups excluding carboxylic acids is 2. The fraction of sp³-hybridized carbons (Fsp3) is 0.300. The molecule has 0 bridgehead atoms. The Labute approximate surface area is 147 Å². The molecule has 0 radical (unpaired) electrons. The van der Waals surface area contributed by atoms with Gasteiger partial charge in [0.1, 0.15) is 11.4 Å². The number of ether oxygens (including phenoxy) is 3. The zero-order valence-corrected chi connectivity index (χ0v) is 14.9. The van der Waals surface area contributed by atoms with Crippen molar-refractivity contribution in [2.24, 2.45) is 0 Å². The molecule has 0 atom stereocenters. The van der Waals surface area contributed by atoms with Crippen molar-refractivity contribution in [3.05, 3.63) is 54.1 Å². The van der Waals surface area contributed by atoms with E-state index < -0.39 is 11.8 Å². The molecule has 2 rings (SSSR count). The normalized spacial score (nSPS) is 10.9. The van der Waals surface area contributed by atoms with E-state index in [9.17, 15) is 9.59 Å². The zero-order valence-electron chi connectivity index (χ0n) is 14.9. The van der Waals surface area contributed by atoms with Gasteiger partial charge in [0.2, 0.25) is 0 Å². The first-order chi connectivity index (χ1) is 11.8. The Morgan fingerprint density at radius 3 is 1.88 bits per heavy atom. The van der Waals surface area contributed by atoms with Gasteiger partial charge >= 0.3 is 12.1 Å². The van der Waals surface area contributed by atoms with Crippen LogP contribution in [0.2, 0.25) is 0 Å². The Morgan fingerprint density at radius 2 is 1.40 bits per heavy atom. The standard InChI is InChI=1S/C20H22O5/c1-5-23-18(21)16-8-6-14(7-9-16)15-10-12-17(13-11-15)24-19(22)25-20(2,3)4/h6-13H,5H2,1-4H3. The highest BCUT2D eigenvalue weighted by Crippen LogP contribution is 2.23. The van der Waals surface area contributed by atoms with Crippen LogP contribution in [0.5, 0.6) is 5.75 Å². The molecule has 0 saturated heterocycles. The maximum Gasteiger partial charge on any atom is 0.514 e. The first kappa shape index (κ1) is 18.5. The lowest BCUT2D eigenvalue weighted by atomic mass is 10.0. The molecule has 0 aromatic heterocycles. The Bertz CT molecular complexity index is 724. The lowest BCUT2D eigenvalue weighted by Gasteiger charge is -2.18. The van der Waals surface area contributed by atoms with Gasteiger partial charge in [-0.3, -0.25) is 0 Å². The molecule has 0 spiro atoms. The van der Waals surface area contributed by atoms with Crippen molar-refractivity contribution in [1.29, 1.82) is 0 Å². The number of hydrogen-bond donors (Lipinski definition) is 0. The summed E-state index contributed by atoms with van der Waals surface area (Å²) in [4.78, 5) is 23.3. The van der Waals surface area contributed by atoms with E-state index in [1.807, 2.05) is 24.3 Å². The van der Waals surface area contributed by atoms with Crippen LogP contribution in [0, 0.1) is 0 Å². The number of rotatable bonds is 4. The van der Waals surface area contributed by atoms with Gasteiger partial charge in [0, 0.05) is 0 Å². The maximum atomic E-state index is 11.7. The van der Waals surface area contributed by atoms with Crippen molar-refractivity contribution >= 4 is 12.1 Å². The molecule has 0 amide bonds. The van der Waals surface area contributed by atoms with Crippen LogP contribution >= 0.6 is 0 Å². The van der Waals surface area contributed by atoms with E-state index in [4.69, 9.17) is 14.2 Å². The first-order valence-corrected chi connectivity index (χ1v) is 8.07. The molecule has 2 aromatic rings. The smallest absolute Gasteiger partial charge is 0.462 e. The van der Waals surface area contributed by atoms with Crippen LogP contribution < -0.4 is 4.74 Å². The van der Waals surface area contributed by atoms with Crippen LogP contribution in [-0.2, 0) is 9.47 Å². The summed E-state index contributed by atoms with van der Waals surface area (Å²) in [5.41, 5.74) is 1.79. The third kappa shape index (κ3) is 5.64. The average Bonchev–Trinajstić information content (AvgIpc) is 2.54. The molecule has 0 aliphatic carbocycles. The van der Waals surface area contributed by atoms with Gasteiger partial charge in [0.15, 0.2) is 0 Å². The monoisotopic (exact) mass is 342 g/mol. The minimum absolute atomic E-state index is 0.338. The molecule has 0 aliphatic heterocycles. The molecular formula is C20H22O5. The molecule has 0 unspecified atom stereocenters. The second-order valence-electron chi connectivity index (χ2n) is 6.39. The van der Waals surface area contributed by atoms with Gasteiger partial charge in [0.05, 0.1) is 12.2 Å². The van der Waals surface area contributed by atoms with Crippen LogP contribution in [-0.4, -0.2) is 24.3 Å². The minimum Gasteiger partial charge on any atom is -0.462 e. The largest absolute Gasteiger partial charge is 0.514 e. The van der Waals surface area contributed by atoms with Crippen LogP contribution in [0.3, 0.4) is 0 Å². The summed E-state index contributed by atoms with van der Waals surface area (Å²) in [5.74, 6) is 0.0660.